The third kappa shape index (κ3) is 5.06. The van der Waals surface area contributed by atoms with E-state index in [9.17, 15) is 9.59 Å². The fourth-order valence-corrected chi connectivity index (χ4v) is 1.23. The fraction of sp³-hybridized carbons (Fsp3) is 0.333. The SMILES string of the molecule is CCCCOC(=O)c1ccccc1C(=O)O.[CaH2]. The van der Waals surface area contributed by atoms with Crippen molar-refractivity contribution >= 4 is 49.7 Å². The first-order valence-electron chi connectivity index (χ1n) is 5.16. The molecule has 90 valence electrons. The van der Waals surface area contributed by atoms with E-state index in [1.165, 1.54) is 12.1 Å². The molecule has 17 heavy (non-hydrogen) atoms. The van der Waals surface area contributed by atoms with Crippen LogP contribution in [0.1, 0.15) is 40.5 Å². The van der Waals surface area contributed by atoms with E-state index in [4.69, 9.17) is 9.84 Å². The van der Waals surface area contributed by atoms with Crippen LogP contribution in [-0.4, -0.2) is 61.4 Å². The second-order valence-corrected chi connectivity index (χ2v) is 3.34. The number of hydrogen-bond acceptors (Lipinski definition) is 3. The summed E-state index contributed by atoms with van der Waals surface area (Å²) in [5, 5.41) is 8.88. The minimum absolute atomic E-state index is 0. The summed E-state index contributed by atoms with van der Waals surface area (Å²) in [6.45, 7) is 2.31. The Bertz CT molecular complexity index is 390. The number of ether oxygens (including phenoxy) is 1. The van der Waals surface area contributed by atoms with E-state index in [2.05, 4.69) is 0 Å². The van der Waals surface area contributed by atoms with Gasteiger partial charge in [-0.1, -0.05) is 25.5 Å². The van der Waals surface area contributed by atoms with Crippen molar-refractivity contribution in [2.24, 2.45) is 0 Å². The summed E-state index contributed by atoms with van der Waals surface area (Å²) >= 11 is 0. The monoisotopic (exact) mass is 264 g/mol. The summed E-state index contributed by atoms with van der Waals surface area (Å²) in [4.78, 5) is 22.4. The molecule has 0 saturated carbocycles. The Morgan fingerprint density at radius 1 is 1.24 bits per heavy atom. The van der Waals surface area contributed by atoms with Crippen LogP contribution in [0.5, 0.6) is 0 Å². The van der Waals surface area contributed by atoms with Gasteiger partial charge in [-0.05, 0) is 18.6 Å². The number of carboxylic acids is 1. The van der Waals surface area contributed by atoms with Gasteiger partial charge in [-0.25, -0.2) is 9.59 Å². The molecule has 1 aromatic rings. The summed E-state index contributed by atoms with van der Waals surface area (Å²) in [7, 11) is 0. The van der Waals surface area contributed by atoms with Crippen LogP contribution in [0.3, 0.4) is 0 Å². The Morgan fingerprint density at radius 3 is 2.35 bits per heavy atom. The van der Waals surface area contributed by atoms with Crippen molar-refractivity contribution in [2.45, 2.75) is 19.8 Å². The molecule has 0 radical (unpaired) electrons. The van der Waals surface area contributed by atoms with Gasteiger partial charge in [-0.3, -0.25) is 0 Å². The first-order chi connectivity index (χ1) is 7.66. The maximum absolute atomic E-state index is 11.6. The van der Waals surface area contributed by atoms with Crippen LogP contribution in [0.25, 0.3) is 0 Å². The van der Waals surface area contributed by atoms with Crippen molar-refractivity contribution in [1.82, 2.24) is 0 Å². The van der Waals surface area contributed by atoms with Gasteiger partial charge in [-0.15, -0.1) is 0 Å². The molecule has 0 heterocycles. The summed E-state index contributed by atoms with van der Waals surface area (Å²) in [5.41, 5.74) is 0.0788. The van der Waals surface area contributed by atoms with E-state index >= 15 is 0 Å². The normalized spacial score (nSPS) is 9.24. The van der Waals surface area contributed by atoms with E-state index in [1.54, 1.807) is 12.1 Å². The van der Waals surface area contributed by atoms with Gasteiger partial charge in [-0.2, -0.15) is 0 Å². The van der Waals surface area contributed by atoms with Crippen LogP contribution in [0.2, 0.25) is 0 Å². The molecule has 0 aromatic heterocycles. The molecule has 0 amide bonds. The van der Waals surface area contributed by atoms with Gasteiger partial charge in [0.05, 0.1) is 17.7 Å². The van der Waals surface area contributed by atoms with Gasteiger partial charge in [0.2, 0.25) is 0 Å². The third-order valence-electron chi connectivity index (χ3n) is 2.11. The Balaban J connectivity index is 0.00000256. The first kappa shape index (κ1) is 16.4. The Kier molecular flexibility index (Phi) is 8.21. The van der Waals surface area contributed by atoms with E-state index in [0.29, 0.717) is 6.61 Å². The van der Waals surface area contributed by atoms with Crippen molar-refractivity contribution in [3.63, 3.8) is 0 Å². The number of carbonyl (C=O) groups excluding carboxylic acids is 1. The number of rotatable bonds is 5. The first-order valence-corrected chi connectivity index (χ1v) is 5.16. The predicted octanol–water partition coefficient (Wildman–Crippen LogP) is 1.43. The Labute approximate surface area is 130 Å². The van der Waals surface area contributed by atoms with Crippen molar-refractivity contribution in [2.75, 3.05) is 6.61 Å². The van der Waals surface area contributed by atoms with E-state index < -0.39 is 11.9 Å². The standard InChI is InChI=1S/C12H14O4.Ca.2H/c1-2-3-8-16-12(15)10-7-5-4-6-9(10)11(13)14;;;/h4-7H,2-3,8H2,1H3,(H,13,14);;;. The number of carbonyl (C=O) groups is 2. The molecule has 0 fully saturated rings. The predicted molar refractivity (Wildman–Crippen MR) is 67.1 cm³/mol. The molecule has 4 nitrogen and oxygen atoms in total. The number of benzene rings is 1. The van der Waals surface area contributed by atoms with Crippen LogP contribution in [-0.2, 0) is 4.74 Å². The van der Waals surface area contributed by atoms with Gasteiger partial charge in [0, 0.05) is 0 Å². The van der Waals surface area contributed by atoms with Crippen molar-refractivity contribution in [3.8, 4) is 0 Å². The number of aromatic carboxylic acids is 1. The van der Waals surface area contributed by atoms with Gasteiger partial charge < -0.3 is 9.84 Å². The number of hydrogen-bond donors (Lipinski definition) is 1. The van der Waals surface area contributed by atoms with E-state index in [-0.39, 0.29) is 48.9 Å². The van der Waals surface area contributed by atoms with Crippen LogP contribution in [0.4, 0.5) is 0 Å². The summed E-state index contributed by atoms with van der Waals surface area (Å²) < 4.78 is 4.96. The average molecular weight is 264 g/mol. The van der Waals surface area contributed by atoms with Crippen LogP contribution < -0.4 is 0 Å². The molecular formula is C12H16CaO4. The Hall–Kier alpha value is -0.580. The van der Waals surface area contributed by atoms with Gasteiger partial charge in [0.15, 0.2) is 0 Å². The minimum atomic E-state index is -1.12. The molecule has 0 aliphatic heterocycles. The van der Waals surface area contributed by atoms with Gasteiger partial charge in [0.1, 0.15) is 0 Å². The zero-order chi connectivity index (χ0) is 12.0. The fourth-order valence-electron chi connectivity index (χ4n) is 1.23. The molecule has 0 atom stereocenters. The van der Waals surface area contributed by atoms with E-state index in [0.717, 1.165) is 12.8 Å². The van der Waals surface area contributed by atoms with Crippen LogP contribution in [0.15, 0.2) is 24.3 Å². The van der Waals surface area contributed by atoms with Crippen molar-refractivity contribution < 1.29 is 19.4 Å². The zero-order valence-corrected chi connectivity index (χ0v) is 9.10. The Morgan fingerprint density at radius 2 is 1.82 bits per heavy atom. The molecule has 0 aliphatic rings. The molecule has 1 aromatic carbocycles. The molecule has 5 heteroatoms. The molecule has 1 rings (SSSR count). The second kappa shape index (κ2) is 8.50. The zero-order valence-electron chi connectivity index (χ0n) is 9.10. The molecule has 0 bridgehead atoms. The van der Waals surface area contributed by atoms with Crippen LogP contribution in [0, 0.1) is 0 Å². The summed E-state index contributed by atoms with van der Waals surface area (Å²) in [6.07, 6.45) is 1.70. The second-order valence-electron chi connectivity index (χ2n) is 3.34. The number of unbranched alkanes of at least 4 members (excludes halogenated alkanes) is 1. The van der Waals surface area contributed by atoms with Gasteiger partial charge >= 0.3 is 49.7 Å². The topological polar surface area (TPSA) is 63.6 Å². The van der Waals surface area contributed by atoms with Crippen molar-refractivity contribution in [1.29, 1.82) is 0 Å². The quantitative estimate of drug-likeness (QED) is 0.496. The maximum atomic E-state index is 11.6. The molecular weight excluding hydrogens is 248 g/mol. The van der Waals surface area contributed by atoms with Crippen LogP contribution >= 0.6 is 0 Å². The molecule has 0 unspecified atom stereocenters. The molecule has 0 saturated heterocycles. The molecule has 0 spiro atoms. The summed E-state index contributed by atoms with van der Waals surface area (Å²) in [6, 6.07) is 6.03. The molecule has 1 N–H and O–H groups in total. The summed E-state index contributed by atoms with van der Waals surface area (Å²) in [5.74, 6) is -1.70. The average Bonchev–Trinajstić information content (AvgIpc) is 2.29. The van der Waals surface area contributed by atoms with Crippen molar-refractivity contribution in [3.05, 3.63) is 35.4 Å². The third-order valence-corrected chi connectivity index (χ3v) is 2.11. The molecule has 0 aliphatic carbocycles. The number of esters is 1. The van der Waals surface area contributed by atoms with Gasteiger partial charge in [0.25, 0.3) is 0 Å². The van der Waals surface area contributed by atoms with E-state index in [1.807, 2.05) is 6.92 Å². The number of carboxylic acid groups (broad SMARTS) is 1.